The quantitative estimate of drug-likeness (QED) is 0.804. The summed E-state index contributed by atoms with van der Waals surface area (Å²) in [5.74, 6) is -0.0498. The molecule has 14 heavy (non-hydrogen) atoms. The van der Waals surface area contributed by atoms with Crippen molar-refractivity contribution in [3.63, 3.8) is 0 Å². The molecule has 3 nitrogen and oxygen atoms in total. The van der Waals surface area contributed by atoms with Gasteiger partial charge in [-0.05, 0) is 24.3 Å². The molecule has 1 amide bonds. The molecule has 0 fully saturated rings. The zero-order valence-corrected chi connectivity index (χ0v) is 9.36. The lowest BCUT2D eigenvalue weighted by molar-refractivity contribution is 0.0940. The highest BCUT2D eigenvalue weighted by Crippen LogP contribution is 2.18. The molecule has 0 atom stereocenters. The van der Waals surface area contributed by atoms with Gasteiger partial charge in [-0.1, -0.05) is 13.8 Å². The zero-order valence-electron chi connectivity index (χ0n) is 8.54. The van der Waals surface area contributed by atoms with Gasteiger partial charge in [0.05, 0.1) is 5.69 Å². The number of carbonyl (C=O) groups excluding carboxylic acids is 1. The van der Waals surface area contributed by atoms with Crippen molar-refractivity contribution < 1.29 is 4.79 Å². The molecule has 78 valence electrons. The zero-order chi connectivity index (χ0) is 10.6. The molecule has 0 bridgehead atoms. The Hall–Kier alpha value is -1.03. The summed E-state index contributed by atoms with van der Waals surface area (Å²) in [6.45, 7) is 4.12. The molecule has 0 saturated heterocycles. The van der Waals surface area contributed by atoms with Crippen molar-refractivity contribution >= 4 is 22.9 Å². The van der Waals surface area contributed by atoms with Gasteiger partial charge in [0.15, 0.2) is 0 Å². The van der Waals surface area contributed by atoms with Crippen LogP contribution in [0.3, 0.4) is 0 Å². The van der Waals surface area contributed by atoms with E-state index in [2.05, 4.69) is 19.2 Å². The summed E-state index contributed by atoms with van der Waals surface area (Å²) >= 11 is 1.38. The molecule has 0 aromatic carbocycles. The molecule has 1 aromatic heterocycles. The number of thiophene rings is 1. The van der Waals surface area contributed by atoms with Gasteiger partial charge in [-0.25, -0.2) is 0 Å². The minimum Gasteiger partial charge on any atom is -0.397 e. The SMILES string of the molecule is CCC(CC)NC(=O)c1sccc1N. The van der Waals surface area contributed by atoms with Crippen molar-refractivity contribution in [1.82, 2.24) is 5.32 Å². The lowest BCUT2D eigenvalue weighted by Crippen LogP contribution is -2.33. The lowest BCUT2D eigenvalue weighted by Gasteiger charge is -2.13. The van der Waals surface area contributed by atoms with Crippen molar-refractivity contribution in [2.24, 2.45) is 0 Å². The van der Waals surface area contributed by atoms with Gasteiger partial charge >= 0.3 is 0 Å². The number of nitrogens with two attached hydrogens (primary N) is 1. The molecular weight excluding hydrogens is 196 g/mol. The van der Waals surface area contributed by atoms with Crippen LogP contribution in [0, 0.1) is 0 Å². The Labute approximate surface area is 88.3 Å². The Bertz CT molecular complexity index is 305. The Kier molecular flexibility index (Phi) is 3.95. The molecule has 0 unspecified atom stereocenters. The minimum atomic E-state index is -0.0498. The van der Waals surface area contributed by atoms with Gasteiger partial charge in [0.25, 0.3) is 5.91 Å². The van der Waals surface area contributed by atoms with Crippen LogP contribution in [0.2, 0.25) is 0 Å². The van der Waals surface area contributed by atoms with Gasteiger partial charge in [-0.3, -0.25) is 4.79 Å². The fourth-order valence-corrected chi connectivity index (χ4v) is 1.97. The van der Waals surface area contributed by atoms with E-state index in [1.807, 2.05) is 5.38 Å². The van der Waals surface area contributed by atoms with Crippen LogP contribution >= 0.6 is 11.3 Å². The third kappa shape index (κ3) is 2.48. The summed E-state index contributed by atoms with van der Waals surface area (Å²) in [5.41, 5.74) is 6.22. The normalized spacial score (nSPS) is 10.5. The third-order valence-corrected chi connectivity index (χ3v) is 3.15. The van der Waals surface area contributed by atoms with E-state index in [1.54, 1.807) is 6.07 Å². The number of amides is 1. The molecule has 0 radical (unpaired) electrons. The Morgan fingerprint density at radius 1 is 1.57 bits per heavy atom. The first kappa shape index (κ1) is 11.0. The maximum atomic E-state index is 11.7. The maximum absolute atomic E-state index is 11.7. The van der Waals surface area contributed by atoms with Crippen molar-refractivity contribution in [1.29, 1.82) is 0 Å². The van der Waals surface area contributed by atoms with Gasteiger partial charge in [-0.15, -0.1) is 11.3 Å². The molecule has 0 aliphatic heterocycles. The average Bonchev–Trinajstić information content (AvgIpc) is 2.60. The van der Waals surface area contributed by atoms with Crippen molar-refractivity contribution in [3.8, 4) is 0 Å². The average molecular weight is 212 g/mol. The number of hydrogen-bond donors (Lipinski definition) is 2. The molecule has 0 saturated carbocycles. The van der Waals surface area contributed by atoms with E-state index < -0.39 is 0 Å². The molecule has 3 N–H and O–H groups in total. The molecule has 4 heteroatoms. The molecule has 0 aliphatic carbocycles. The van der Waals surface area contributed by atoms with Gasteiger partial charge in [0, 0.05) is 6.04 Å². The minimum absolute atomic E-state index is 0.0498. The van der Waals surface area contributed by atoms with Crippen LogP contribution in [0.25, 0.3) is 0 Å². The Morgan fingerprint density at radius 2 is 2.21 bits per heavy atom. The Morgan fingerprint density at radius 3 is 2.64 bits per heavy atom. The first-order chi connectivity index (χ1) is 6.69. The van der Waals surface area contributed by atoms with Gasteiger partial charge < -0.3 is 11.1 Å². The second-order valence-corrected chi connectivity index (χ2v) is 4.11. The van der Waals surface area contributed by atoms with Crippen LogP contribution in [-0.4, -0.2) is 11.9 Å². The summed E-state index contributed by atoms with van der Waals surface area (Å²) in [7, 11) is 0. The number of rotatable bonds is 4. The Balaban J connectivity index is 2.63. The second kappa shape index (κ2) is 5.00. The number of nitrogen functional groups attached to an aromatic ring is 1. The maximum Gasteiger partial charge on any atom is 0.263 e. The molecular formula is C10H16N2OS. The predicted octanol–water partition coefficient (Wildman–Crippen LogP) is 2.25. The smallest absolute Gasteiger partial charge is 0.263 e. The van der Waals surface area contributed by atoms with E-state index in [0.717, 1.165) is 12.8 Å². The van der Waals surface area contributed by atoms with E-state index in [9.17, 15) is 4.79 Å². The highest BCUT2D eigenvalue weighted by atomic mass is 32.1. The van der Waals surface area contributed by atoms with E-state index >= 15 is 0 Å². The third-order valence-electron chi connectivity index (χ3n) is 2.22. The molecule has 0 aliphatic rings. The van der Waals surface area contributed by atoms with Crippen molar-refractivity contribution in [2.75, 3.05) is 5.73 Å². The van der Waals surface area contributed by atoms with Crippen LogP contribution in [0.15, 0.2) is 11.4 Å². The first-order valence-electron chi connectivity index (χ1n) is 4.82. The standard InChI is InChI=1S/C10H16N2OS/c1-3-7(4-2)12-10(13)9-8(11)5-6-14-9/h5-7H,3-4,11H2,1-2H3,(H,12,13). The fraction of sp³-hybridized carbons (Fsp3) is 0.500. The van der Waals surface area contributed by atoms with Crippen LogP contribution in [0.4, 0.5) is 5.69 Å². The predicted molar refractivity (Wildman–Crippen MR) is 60.6 cm³/mol. The van der Waals surface area contributed by atoms with Crippen LogP contribution in [0.1, 0.15) is 36.4 Å². The van der Waals surface area contributed by atoms with E-state index in [0.29, 0.717) is 10.6 Å². The lowest BCUT2D eigenvalue weighted by atomic mass is 10.2. The van der Waals surface area contributed by atoms with Crippen molar-refractivity contribution in [2.45, 2.75) is 32.7 Å². The van der Waals surface area contributed by atoms with Crippen LogP contribution in [-0.2, 0) is 0 Å². The van der Waals surface area contributed by atoms with E-state index in [1.165, 1.54) is 11.3 Å². The summed E-state index contributed by atoms with van der Waals surface area (Å²) < 4.78 is 0. The summed E-state index contributed by atoms with van der Waals surface area (Å²) in [6, 6.07) is 2.01. The summed E-state index contributed by atoms with van der Waals surface area (Å²) in [6.07, 6.45) is 1.90. The number of nitrogens with one attached hydrogen (secondary N) is 1. The molecule has 1 rings (SSSR count). The number of hydrogen-bond acceptors (Lipinski definition) is 3. The largest absolute Gasteiger partial charge is 0.397 e. The van der Waals surface area contributed by atoms with Gasteiger partial charge in [-0.2, -0.15) is 0 Å². The molecule has 1 aromatic rings. The number of carbonyl (C=O) groups is 1. The monoisotopic (exact) mass is 212 g/mol. The highest BCUT2D eigenvalue weighted by Gasteiger charge is 2.13. The number of anilines is 1. The molecule has 0 spiro atoms. The van der Waals surface area contributed by atoms with E-state index in [-0.39, 0.29) is 11.9 Å². The van der Waals surface area contributed by atoms with E-state index in [4.69, 9.17) is 5.73 Å². The highest BCUT2D eigenvalue weighted by molar-refractivity contribution is 7.12. The second-order valence-electron chi connectivity index (χ2n) is 3.19. The summed E-state index contributed by atoms with van der Waals surface area (Å²) in [4.78, 5) is 12.3. The van der Waals surface area contributed by atoms with Gasteiger partial charge in [0.1, 0.15) is 4.88 Å². The first-order valence-corrected chi connectivity index (χ1v) is 5.70. The van der Waals surface area contributed by atoms with Crippen LogP contribution in [0.5, 0.6) is 0 Å². The van der Waals surface area contributed by atoms with Gasteiger partial charge in [0.2, 0.25) is 0 Å². The fourth-order valence-electron chi connectivity index (χ4n) is 1.25. The molecule has 1 heterocycles. The van der Waals surface area contributed by atoms with Crippen LogP contribution < -0.4 is 11.1 Å². The van der Waals surface area contributed by atoms with Crippen molar-refractivity contribution in [3.05, 3.63) is 16.3 Å². The topological polar surface area (TPSA) is 55.1 Å². The summed E-state index contributed by atoms with van der Waals surface area (Å²) in [5, 5.41) is 4.78.